The van der Waals surface area contributed by atoms with Crippen LogP contribution in [0.3, 0.4) is 0 Å². The molecule has 714 valence electrons. The summed E-state index contributed by atoms with van der Waals surface area (Å²) in [6.45, 7) is 21.5. The van der Waals surface area contributed by atoms with Crippen molar-refractivity contribution in [2.24, 2.45) is 23.7 Å². The Morgan fingerprint density at radius 3 is 0.838 bits per heavy atom. The molecule has 0 aromatic heterocycles. The fraction of sp³-hybridized carbons (Fsp3) is 0.420. The van der Waals surface area contributed by atoms with E-state index in [1.165, 1.54) is 92.7 Å². The molecule has 10 aromatic carbocycles. The maximum Gasteiger partial charge on any atom is 1.00 e. The number of nitrogens with zero attached hydrogens (tertiary/aromatic N) is 7. The maximum atomic E-state index is 13.2. The first-order chi connectivity index (χ1) is 65.7. The predicted molar refractivity (Wildman–Crippen MR) is 536 cm³/mol. The van der Waals surface area contributed by atoms with Gasteiger partial charge in [-0.3, -0.25) is 29.4 Å². The van der Waals surface area contributed by atoms with Crippen LogP contribution in [0.4, 0.5) is 24.0 Å². The number of aliphatic hydroxyl groups excluding tert-OH is 1. The van der Waals surface area contributed by atoms with Crippen molar-refractivity contribution >= 4 is 64.7 Å². The van der Waals surface area contributed by atoms with E-state index in [4.69, 9.17) is 42.1 Å². The number of carbonyl (C=O) groups is 5. The van der Waals surface area contributed by atoms with Crippen LogP contribution >= 0.6 is 35.6 Å². The molecule has 9 atom stereocenters. The summed E-state index contributed by atoms with van der Waals surface area (Å²) in [5.74, 6) is 2.25. The molecular formula is C112H133Cl3N9NaO11. The average Bonchev–Trinajstić information content (AvgIpc) is 0.768. The van der Waals surface area contributed by atoms with Crippen molar-refractivity contribution in [3.63, 3.8) is 0 Å². The largest absolute Gasteiger partial charge is 1.00 e. The molecule has 0 saturated carbocycles. The van der Waals surface area contributed by atoms with Crippen LogP contribution in [0.15, 0.2) is 273 Å². The van der Waals surface area contributed by atoms with Crippen LogP contribution in [-0.2, 0) is 55.8 Å². The van der Waals surface area contributed by atoms with Gasteiger partial charge in [0.25, 0.3) is 0 Å². The first-order valence-electron chi connectivity index (χ1n) is 48.9. The Balaban J connectivity index is 0.000000136. The van der Waals surface area contributed by atoms with Crippen molar-refractivity contribution in [2.75, 3.05) is 124 Å². The number of fused-ring (bicyclic) bond motifs is 17. The van der Waals surface area contributed by atoms with E-state index in [9.17, 15) is 29.1 Å². The molecule has 17 aliphatic heterocycles. The van der Waals surface area contributed by atoms with Gasteiger partial charge in [-0.05, 0) is 257 Å². The molecule has 10 aromatic rings. The number of carbonyl (C=O) groups excluding carboxylic acids is 5. The minimum Gasteiger partial charge on any atom is -1.00 e. The van der Waals surface area contributed by atoms with Crippen molar-refractivity contribution in [1.29, 1.82) is 0 Å². The topological polar surface area (TPSA) is 198 Å². The van der Waals surface area contributed by atoms with E-state index in [1.807, 2.05) is 82.3 Å². The number of aliphatic hydroxyl groups is 1. The van der Waals surface area contributed by atoms with Crippen LogP contribution in [0.25, 0.3) is 0 Å². The van der Waals surface area contributed by atoms with Crippen LogP contribution in [0, 0.1) is 23.7 Å². The number of hydrogen-bond donors (Lipinski definition) is 3. The van der Waals surface area contributed by atoms with Crippen LogP contribution in [0.1, 0.15) is 180 Å². The van der Waals surface area contributed by atoms with Crippen molar-refractivity contribution < 1.29 is 83.7 Å². The number of ether oxygens (including phenoxy) is 5. The summed E-state index contributed by atoms with van der Waals surface area (Å²) in [5.41, 5.74) is 18.2. The smallest absolute Gasteiger partial charge is 1.00 e. The first-order valence-corrected chi connectivity index (χ1v) is 49.7. The summed E-state index contributed by atoms with van der Waals surface area (Å²) in [5, 5.41) is 16.5. The van der Waals surface area contributed by atoms with Gasteiger partial charge in [0, 0.05) is 82.1 Å². The summed E-state index contributed by atoms with van der Waals surface area (Å²) in [6.07, 6.45) is 13.9. The van der Waals surface area contributed by atoms with Gasteiger partial charge in [-0.2, -0.15) is 0 Å². The molecule has 0 radical (unpaired) electrons. The maximum absolute atomic E-state index is 13.2. The normalized spacial score (nSPS) is 25.9. The molecule has 4 unspecified atom stereocenters. The van der Waals surface area contributed by atoms with Gasteiger partial charge in [0.05, 0.1) is 49.5 Å². The molecule has 24 heteroatoms. The predicted octanol–water partition coefficient (Wildman–Crippen LogP) is 17.8. The second-order valence-corrected chi connectivity index (χ2v) is 37.7. The standard InChI is InChI=1S/2C23H26N2O2.C18H19NO2.2C15H15N.C8H12ClNO2.C7H13NO.C3H5ClO2.ClH.Na.H/c2*26-23(27-21-16-24-13-10-18(21)11-14-24)25-15-12-17-6-4-5-9-20(17)22(25)19-7-2-1-3-8-19;1-2-21-18(20)19-13-12-14-8-6-7-11-16(14)17(19)15-9-4-3-5-10-15;2*1-2-7-13(8-3-1)15-14-9-5-4-6-12(14)10-11-16-15;9-8(11)12-7-5-10-3-1-6(7)2-4-10;9-7-5-8-3-1-6(7)2-4-8;1-2-6-3(4)5;;;/h2*1-9,18,21-22H,10-16H2;3-11,17H,2,12-13H2,1H3;2*1-9,15-16H,10-11H2;6-7H,1-5H2;6-7,9H,1-5H2;2H2,1H3;1H;;/q;;;;;;;;;+1;-1/t21-,22?;21-,22-;;15-;;;7-;;;;/m00.0..0..../s1. The van der Waals surface area contributed by atoms with E-state index < -0.39 is 10.9 Å². The van der Waals surface area contributed by atoms with Gasteiger partial charge in [0.15, 0.2) is 0 Å². The quantitative estimate of drug-likeness (QED) is 0.0663. The van der Waals surface area contributed by atoms with E-state index in [-0.39, 0.29) is 104 Å². The van der Waals surface area contributed by atoms with Gasteiger partial charge in [0.1, 0.15) is 18.3 Å². The summed E-state index contributed by atoms with van der Waals surface area (Å²) >= 11 is 9.89. The zero-order valence-corrected chi connectivity index (χ0v) is 83.3. The number of piperidine rings is 12. The van der Waals surface area contributed by atoms with E-state index >= 15 is 0 Å². The fourth-order valence-corrected chi connectivity index (χ4v) is 22.3. The third-order valence-corrected chi connectivity index (χ3v) is 29.3. The summed E-state index contributed by atoms with van der Waals surface area (Å²) in [7, 11) is 0. The number of amides is 3. The summed E-state index contributed by atoms with van der Waals surface area (Å²) in [4.78, 5) is 74.1. The number of benzene rings is 10. The van der Waals surface area contributed by atoms with Crippen molar-refractivity contribution in [1.82, 2.24) is 44.9 Å². The monoisotopic (exact) mass is 1910 g/mol. The molecule has 27 rings (SSSR count). The molecule has 0 spiro atoms. The van der Waals surface area contributed by atoms with Gasteiger partial charge in [0.2, 0.25) is 0 Å². The van der Waals surface area contributed by atoms with E-state index in [1.54, 1.807) is 6.92 Å². The van der Waals surface area contributed by atoms with Gasteiger partial charge in [-0.15, -0.1) is 12.4 Å². The van der Waals surface area contributed by atoms with Crippen LogP contribution < -0.4 is 40.2 Å². The molecule has 17 heterocycles. The second kappa shape index (κ2) is 51.4. The van der Waals surface area contributed by atoms with Gasteiger partial charge in [-0.1, -0.05) is 273 Å². The Hall–Kier alpha value is -9.46. The van der Waals surface area contributed by atoms with Gasteiger partial charge in [-0.25, -0.2) is 24.0 Å². The SMILES string of the molecule is CCOC(=O)Cl.CCOC(=O)N1CCc2ccccc2C1c1ccccc1.Cl.O=C(Cl)OC1CN2CCC1CC2.O=C(O[C@H]1CN2CCC1CC2)N1CCc2ccccc2C1c1ccccc1.O=C(O[C@H]1CN2CCC1CC2)N1CCc2ccccc2[C@@H]1c1ccccc1.O[C@H]1CN2CCC1CC2.[H-].[Na+].c1ccc(C2NCCc3ccccc32)cc1.c1ccc([C@@H]2NCCc3ccccc32)cc1. The zero-order chi connectivity index (χ0) is 92.5. The Kier molecular flexibility index (Phi) is 38.7. The molecule has 3 N–H and O–H groups in total. The average molecular weight is 1910 g/mol. The van der Waals surface area contributed by atoms with Gasteiger partial charge >= 0.3 is 58.7 Å². The van der Waals surface area contributed by atoms with E-state index in [0.29, 0.717) is 68.6 Å². The van der Waals surface area contributed by atoms with E-state index in [2.05, 4.69) is 247 Å². The molecule has 8 bridgehead atoms. The molecule has 20 nitrogen and oxygen atoms in total. The zero-order valence-electron chi connectivity index (χ0n) is 79.9. The number of halogens is 3. The Morgan fingerprint density at radius 1 is 0.316 bits per heavy atom. The fourth-order valence-electron chi connectivity index (χ4n) is 22.1. The number of nitrogens with one attached hydrogen (secondary N) is 2. The minimum atomic E-state index is -0.738. The number of hydrogen-bond acceptors (Lipinski definition) is 17. The molecule has 17 aliphatic rings. The number of rotatable bonds is 10. The molecule has 0 aliphatic carbocycles. The van der Waals surface area contributed by atoms with Crippen LogP contribution in [0.2, 0.25) is 0 Å². The molecule has 136 heavy (non-hydrogen) atoms. The molecule has 12 saturated heterocycles. The van der Waals surface area contributed by atoms with Crippen LogP contribution in [0.5, 0.6) is 0 Å². The Labute approximate surface area is 843 Å². The first kappa shape index (κ1) is 102. The molecule has 3 amide bonds. The summed E-state index contributed by atoms with van der Waals surface area (Å²) < 4.78 is 26.6. The molecule has 12 fully saturated rings. The van der Waals surface area contributed by atoms with Crippen molar-refractivity contribution in [3.05, 3.63) is 356 Å². The van der Waals surface area contributed by atoms with E-state index in [0.717, 1.165) is 166 Å². The third-order valence-electron chi connectivity index (χ3n) is 29.1. The third kappa shape index (κ3) is 26.8. The molecular weight excluding hydrogens is 1780 g/mol. The van der Waals surface area contributed by atoms with Crippen molar-refractivity contribution in [2.45, 2.75) is 152 Å². The summed E-state index contributed by atoms with van der Waals surface area (Å²) in [6, 6.07) is 95.5. The Bertz CT molecular complexity index is 5180. The van der Waals surface area contributed by atoms with Gasteiger partial charge < -0.3 is 45.8 Å². The van der Waals surface area contributed by atoms with Crippen LogP contribution in [-0.4, -0.2) is 217 Å². The minimum absolute atomic E-state index is 0. The second-order valence-electron chi connectivity index (χ2n) is 37.1. The Morgan fingerprint density at radius 2 is 0.581 bits per heavy atom. The van der Waals surface area contributed by atoms with Crippen molar-refractivity contribution in [3.8, 4) is 0 Å².